The average Bonchev–Trinajstić information content (AvgIpc) is 2.17. The van der Waals surface area contributed by atoms with Crippen LogP contribution in [0.1, 0.15) is 27.2 Å². The van der Waals surface area contributed by atoms with Crippen LogP contribution in [0.2, 0.25) is 0 Å². The van der Waals surface area contributed by atoms with Gasteiger partial charge in [-0.3, -0.25) is 19.3 Å². The minimum atomic E-state index is -0.495. The number of carbonyl (C=O) groups is 3. The Kier molecular flexibility index (Phi) is 3.67. The molecule has 0 aliphatic carbocycles. The van der Waals surface area contributed by atoms with Crippen LogP contribution in [0.15, 0.2) is 0 Å². The first kappa shape index (κ1) is 12.7. The Morgan fingerprint density at radius 3 is 2.44 bits per heavy atom. The van der Waals surface area contributed by atoms with Gasteiger partial charge in [-0.15, -0.1) is 0 Å². The summed E-state index contributed by atoms with van der Waals surface area (Å²) in [4.78, 5) is 37.3. The first-order valence-corrected chi connectivity index (χ1v) is 5.42. The molecule has 0 spiro atoms. The normalized spacial score (nSPS) is 21.9. The summed E-state index contributed by atoms with van der Waals surface area (Å²) in [6, 6.07) is -0.495. The number of nitrogens with zero attached hydrogens (tertiary/aromatic N) is 2. The Bertz CT molecular complexity index is 325. The summed E-state index contributed by atoms with van der Waals surface area (Å²) < 4.78 is 0. The van der Waals surface area contributed by atoms with Crippen LogP contribution in [-0.2, 0) is 14.4 Å². The zero-order valence-corrected chi connectivity index (χ0v) is 10.2. The molecular formula is C11H18N2O3. The Balaban J connectivity index is 2.90. The SMILES string of the molecule is CC(=O)N1CC(=O)N(C)[C@@H](CC(C)C)C1=O. The van der Waals surface area contributed by atoms with E-state index in [0.717, 1.165) is 4.90 Å². The van der Waals surface area contributed by atoms with Gasteiger partial charge in [0.25, 0.3) is 5.91 Å². The molecule has 0 unspecified atom stereocenters. The molecule has 1 fully saturated rings. The molecule has 1 aliphatic rings. The van der Waals surface area contributed by atoms with Crippen molar-refractivity contribution >= 4 is 17.7 Å². The van der Waals surface area contributed by atoms with Crippen molar-refractivity contribution in [2.75, 3.05) is 13.6 Å². The van der Waals surface area contributed by atoms with Crippen molar-refractivity contribution in [3.05, 3.63) is 0 Å². The van der Waals surface area contributed by atoms with E-state index in [0.29, 0.717) is 12.3 Å². The molecule has 0 radical (unpaired) electrons. The largest absolute Gasteiger partial charge is 0.332 e. The molecule has 5 nitrogen and oxygen atoms in total. The van der Waals surface area contributed by atoms with Crippen LogP contribution in [0.4, 0.5) is 0 Å². The van der Waals surface area contributed by atoms with E-state index in [1.54, 1.807) is 7.05 Å². The van der Waals surface area contributed by atoms with Crippen molar-refractivity contribution in [2.24, 2.45) is 5.92 Å². The molecule has 1 aliphatic heterocycles. The summed E-state index contributed by atoms with van der Waals surface area (Å²) >= 11 is 0. The lowest BCUT2D eigenvalue weighted by Crippen LogP contribution is -2.59. The van der Waals surface area contributed by atoms with E-state index in [4.69, 9.17) is 0 Å². The fourth-order valence-corrected chi connectivity index (χ4v) is 1.82. The maximum absolute atomic E-state index is 12.0. The molecular weight excluding hydrogens is 208 g/mol. The van der Waals surface area contributed by atoms with Gasteiger partial charge in [-0.25, -0.2) is 0 Å². The number of hydrogen-bond acceptors (Lipinski definition) is 3. The number of likely N-dealkylation sites (N-methyl/N-ethyl adjacent to an activating group) is 1. The fourth-order valence-electron chi connectivity index (χ4n) is 1.82. The standard InChI is InChI=1S/C11H18N2O3/c1-7(2)5-9-11(16)13(8(3)14)6-10(15)12(9)4/h7,9H,5-6H2,1-4H3/t9-/m0/s1. The van der Waals surface area contributed by atoms with Crippen molar-refractivity contribution in [1.29, 1.82) is 0 Å². The van der Waals surface area contributed by atoms with Gasteiger partial charge in [0.1, 0.15) is 12.6 Å². The van der Waals surface area contributed by atoms with E-state index in [2.05, 4.69) is 0 Å². The number of carbonyl (C=O) groups excluding carboxylic acids is 3. The quantitative estimate of drug-likeness (QED) is 0.678. The minimum Gasteiger partial charge on any atom is -0.332 e. The van der Waals surface area contributed by atoms with Gasteiger partial charge in [-0.05, 0) is 12.3 Å². The summed E-state index contributed by atoms with van der Waals surface area (Å²) in [5.41, 5.74) is 0. The van der Waals surface area contributed by atoms with Crippen LogP contribution < -0.4 is 0 Å². The third-order valence-corrected chi connectivity index (χ3v) is 2.78. The predicted octanol–water partition coefficient (Wildman–Crippen LogP) is 0.248. The highest BCUT2D eigenvalue weighted by Gasteiger charge is 2.38. The monoisotopic (exact) mass is 226 g/mol. The number of hydrogen-bond donors (Lipinski definition) is 0. The van der Waals surface area contributed by atoms with Gasteiger partial charge in [-0.1, -0.05) is 13.8 Å². The van der Waals surface area contributed by atoms with E-state index in [1.807, 2.05) is 13.8 Å². The van der Waals surface area contributed by atoms with E-state index >= 15 is 0 Å². The molecule has 0 bridgehead atoms. The second-order valence-corrected chi connectivity index (χ2v) is 4.59. The third kappa shape index (κ3) is 2.40. The smallest absolute Gasteiger partial charge is 0.252 e. The van der Waals surface area contributed by atoms with Gasteiger partial charge in [0.05, 0.1) is 0 Å². The number of imide groups is 1. The number of piperazine rings is 1. The zero-order valence-electron chi connectivity index (χ0n) is 10.2. The number of amides is 3. The van der Waals surface area contributed by atoms with Gasteiger partial charge in [-0.2, -0.15) is 0 Å². The van der Waals surface area contributed by atoms with Gasteiger partial charge in [0.2, 0.25) is 11.8 Å². The van der Waals surface area contributed by atoms with Crippen molar-refractivity contribution < 1.29 is 14.4 Å². The molecule has 3 amide bonds. The molecule has 0 aromatic heterocycles. The predicted molar refractivity (Wildman–Crippen MR) is 58.4 cm³/mol. The highest BCUT2D eigenvalue weighted by atomic mass is 16.2. The molecule has 16 heavy (non-hydrogen) atoms. The Morgan fingerprint density at radius 1 is 1.44 bits per heavy atom. The molecule has 1 saturated heterocycles. The van der Waals surface area contributed by atoms with Crippen molar-refractivity contribution in [3.63, 3.8) is 0 Å². The zero-order chi connectivity index (χ0) is 12.5. The Labute approximate surface area is 95.4 Å². The fraction of sp³-hybridized carbons (Fsp3) is 0.727. The summed E-state index contributed by atoms with van der Waals surface area (Å²) in [5.74, 6) is -0.500. The number of rotatable bonds is 2. The molecule has 5 heteroatoms. The van der Waals surface area contributed by atoms with Crippen LogP contribution in [0.5, 0.6) is 0 Å². The van der Waals surface area contributed by atoms with Crippen LogP contribution in [0.3, 0.4) is 0 Å². The van der Waals surface area contributed by atoms with Crippen LogP contribution in [-0.4, -0.2) is 47.2 Å². The first-order valence-electron chi connectivity index (χ1n) is 5.42. The molecule has 0 aromatic carbocycles. The lowest BCUT2D eigenvalue weighted by Gasteiger charge is -2.37. The molecule has 0 aromatic rings. The van der Waals surface area contributed by atoms with E-state index in [1.165, 1.54) is 11.8 Å². The van der Waals surface area contributed by atoms with E-state index < -0.39 is 6.04 Å². The molecule has 1 rings (SSSR count). The van der Waals surface area contributed by atoms with Crippen molar-refractivity contribution in [1.82, 2.24) is 9.80 Å². The van der Waals surface area contributed by atoms with Gasteiger partial charge in [0, 0.05) is 14.0 Å². The lowest BCUT2D eigenvalue weighted by molar-refractivity contribution is -0.160. The first-order chi connectivity index (χ1) is 7.34. The molecule has 1 atom stereocenters. The van der Waals surface area contributed by atoms with Crippen LogP contribution in [0.25, 0.3) is 0 Å². The molecule has 1 heterocycles. The summed E-state index contributed by atoms with van der Waals surface area (Å²) in [6.07, 6.45) is 0.588. The van der Waals surface area contributed by atoms with E-state index in [-0.39, 0.29) is 24.3 Å². The van der Waals surface area contributed by atoms with Gasteiger partial charge < -0.3 is 4.90 Å². The van der Waals surface area contributed by atoms with Gasteiger partial charge >= 0.3 is 0 Å². The van der Waals surface area contributed by atoms with Crippen LogP contribution in [0, 0.1) is 5.92 Å². The maximum atomic E-state index is 12.0. The van der Waals surface area contributed by atoms with Crippen LogP contribution >= 0.6 is 0 Å². The lowest BCUT2D eigenvalue weighted by atomic mass is 9.99. The van der Waals surface area contributed by atoms with Crippen molar-refractivity contribution in [2.45, 2.75) is 33.2 Å². The third-order valence-electron chi connectivity index (χ3n) is 2.78. The Morgan fingerprint density at radius 2 is 2.00 bits per heavy atom. The highest BCUT2D eigenvalue weighted by molar-refractivity contribution is 6.04. The molecule has 90 valence electrons. The summed E-state index contributed by atoms with van der Waals surface area (Å²) in [6.45, 7) is 5.15. The second kappa shape index (κ2) is 4.63. The Hall–Kier alpha value is -1.39. The van der Waals surface area contributed by atoms with Gasteiger partial charge in [0.15, 0.2) is 0 Å². The maximum Gasteiger partial charge on any atom is 0.252 e. The molecule has 0 N–H and O–H groups in total. The average molecular weight is 226 g/mol. The summed E-state index contributed by atoms with van der Waals surface area (Å²) in [7, 11) is 1.62. The topological polar surface area (TPSA) is 57.7 Å². The van der Waals surface area contributed by atoms with E-state index in [9.17, 15) is 14.4 Å². The molecule has 0 saturated carbocycles. The minimum absolute atomic E-state index is 0.126. The van der Waals surface area contributed by atoms with Crippen molar-refractivity contribution in [3.8, 4) is 0 Å². The highest BCUT2D eigenvalue weighted by Crippen LogP contribution is 2.17. The second-order valence-electron chi connectivity index (χ2n) is 4.59. The summed E-state index contributed by atoms with van der Waals surface area (Å²) in [5, 5.41) is 0.